The number of benzene rings is 2. The topological polar surface area (TPSA) is 76.0 Å². The van der Waals surface area contributed by atoms with Crippen LogP contribution in [0.5, 0.6) is 0 Å². The van der Waals surface area contributed by atoms with Crippen LogP contribution in [-0.2, 0) is 12.8 Å². The van der Waals surface area contributed by atoms with Gasteiger partial charge in [-0.05, 0) is 48.7 Å². The fourth-order valence-corrected chi connectivity index (χ4v) is 4.13. The molecule has 3 aromatic rings. The van der Waals surface area contributed by atoms with E-state index in [0.29, 0.717) is 36.5 Å². The number of carbonyl (C=O) groups excluding carboxylic acids is 1. The number of aromatic amines is 1. The number of nitrogens with zero attached hydrogens (tertiary/aromatic N) is 4. The van der Waals surface area contributed by atoms with Crippen LogP contribution >= 0.6 is 11.6 Å². The summed E-state index contributed by atoms with van der Waals surface area (Å²) in [5.74, 6) is 5.89. The van der Waals surface area contributed by atoms with Gasteiger partial charge in [0.25, 0.3) is 0 Å². The van der Waals surface area contributed by atoms with Gasteiger partial charge in [-0.1, -0.05) is 35.7 Å². The number of rotatable bonds is 6. The molecule has 6 nitrogen and oxygen atoms in total. The van der Waals surface area contributed by atoms with Crippen LogP contribution in [0.4, 0.5) is 10.5 Å². The number of carbonyl (C=O) groups is 1. The summed E-state index contributed by atoms with van der Waals surface area (Å²) in [7, 11) is 0. The van der Waals surface area contributed by atoms with Crippen LogP contribution in [-0.4, -0.2) is 34.0 Å². The summed E-state index contributed by atoms with van der Waals surface area (Å²) in [6.07, 6.45) is 4.58. The van der Waals surface area contributed by atoms with Crippen molar-refractivity contribution >= 4 is 23.3 Å². The summed E-state index contributed by atoms with van der Waals surface area (Å²) in [5, 5.41) is 9.66. The smallest absolute Gasteiger partial charge is 0.325 e. The molecule has 2 heterocycles. The van der Waals surface area contributed by atoms with Gasteiger partial charge in [0.2, 0.25) is 0 Å². The summed E-state index contributed by atoms with van der Waals surface area (Å²) < 4.78 is 0. The van der Waals surface area contributed by atoms with Gasteiger partial charge in [0.15, 0.2) is 0 Å². The number of halogens is 1. The van der Waals surface area contributed by atoms with E-state index in [1.807, 2.05) is 35.2 Å². The van der Waals surface area contributed by atoms with Crippen LogP contribution in [0.15, 0.2) is 55.0 Å². The van der Waals surface area contributed by atoms with Gasteiger partial charge in [0.05, 0.1) is 35.9 Å². The summed E-state index contributed by atoms with van der Waals surface area (Å²) in [5.41, 5.74) is 4.25. The van der Waals surface area contributed by atoms with Gasteiger partial charge >= 0.3 is 6.03 Å². The number of urea groups is 1. The van der Waals surface area contributed by atoms with Crippen LogP contribution in [0.25, 0.3) is 0 Å². The monoisotopic (exact) mass is 443 g/mol. The average molecular weight is 444 g/mol. The zero-order valence-electron chi connectivity index (χ0n) is 17.7. The van der Waals surface area contributed by atoms with Crippen molar-refractivity contribution in [2.75, 3.05) is 18.0 Å². The van der Waals surface area contributed by atoms with E-state index in [9.17, 15) is 4.79 Å². The number of aromatic nitrogens is 2. The average Bonchev–Trinajstić information content (AvgIpc) is 3.47. The first kappa shape index (κ1) is 21.5. The van der Waals surface area contributed by atoms with Gasteiger partial charge < -0.3 is 9.88 Å². The highest BCUT2D eigenvalue weighted by Crippen LogP contribution is 2.32. The lowest BCUT2D eigenvalue weighted by atomic mass is 10.0. The van der Waals surface area contributed by atoms with Crippen molar-refractivity contribution in [1.29, 1.82) is 5.26 Å². The molecule has 0 bridgehead atoms. The van der Waals surface area contributed by atoms with Crippen molar-refractivity contribution < 1.29 is 4.79 Å². The number of hydrogen-bond donors (Lipinski definition) is 1. The molecule has 32 heavy (non-hydrogen) atoms. The van der Waals surface area contributed by atoms with Gasteiger partial charge in [-0.25, -0.2) is 9.78 Å². The lowest BCUT2D eigenvalue weighted by molar-refractivity contribution is 0.199. The molecule has 160 valence electrons. The number of nitriles is 1. The molecule has 0 spiro atoms. The maximum absolute atomic E-state index is 13.4. The number of anilines is 1. The minimum Gasteiger partial charge on any atom is -0.347 e. The Kier molecular flexibility index (Phi) is 6.44. The van der Waals surface area contributed by atoms with Gasteiger partial charge in [-0.15, -0.1) is 5.92 Å². The predicted octanol–water partition coefficient (Wildman–Crippen LogP) is 4.73. The van der Waals surface area contributed by atoms with E-state index in [1.165, 1.54) is 0 Å². The molecule has 4 rings (SSSR count). The lowest BCUT2D eigenvalue weighted by Crippen LogP contribution is -2.35. The van der Waals surface area contributed by atoms with Crippen LogP contribution < -0.4 is 4.90 Å². The third-order valence-electron chi connectivity index (χ3n) is 5.61. The van der Waals surface area contributed by atoms with Crippen LogP contribution in [0.3, 0.4) is 0 Å². The van der Waals surface area contributed by atoms with Crippen molar-refractivity contribution in [1.82, 2.24) is 14.9 Å². The molecule has 1 aliphatic heterocycles. The normalized spacial score (nSPS) is 14.1. The molecule has 1 unspecified atom stereocenters. The second kappa shape index (κ2) is 9.60. The molecule has 1 aliphatic rings. The van der Waals surface area contributed by atoms with Crippen molar-refractivity contribution in [3.05, 3.63) is 82.4 Å². The zero-order chi connectivity index (χ0) is 22.5. The minimum atomic E-state index is -0.197. The second-order valence-electron chi connectivity index (χ2n) is 7.54. The van der Waals surface area contributed by atoms with Crippen molar-refractivity contribution in [3.63, 3.8) is 0 Å². The Morgan fingerprint density at radius 2 is 2.03 bits per heavy atom. The lowest BCUT2D eigenvalue weighted by Gasteiger charge is -2.27. The SMILES string of the molecule is CC#CCc1ccc(N2CCN(C(Cc3ccc(C#N)cc3)c3cnc[nH]3)C2=O)cc1Cl. The molecule has 1 fully saturated rings. The van der Waals surface area contributed by atoms with Crippen molar-refractivity contribution in [2.45, 2.75) is 25.8 Å². The number of imidazole rings is 1. The molecule has 0 aliphatic carbocycles. The number of hydrogen-bond acceptors (Lipinski definition) is 3. The Balaban J connectivity index is 1.57. The van der Waals surface area contributed by atoms with Gasteiger partial charge in [0.1, 0.15) is 0 Å². The second-order valence-corrected chi connectivity index (χ2v) is 7.95. The van der Waals surface area contributed by atoms with E-state index in [4.69, 9.17) is 16.9 Å². The highest BCUT2D eigenvalue weighted by Gasteiger charge is 2.36. The maximum Gasteiger partial charge on any atom is 0.325 e. The largest absolute Gasteiger partial charge is 0.347 e. The highest BCUT2D eigenvalue weighted by molar-refractivity contribution is 6.31. The van der Waals surface area contributed by atoms with Gasteiger partial charge in [0, 0.05) is 30.2 Å². The molecule has 2 amide bonds. The fraction of sp³-hybridized carbons (Fsp3) is 0.240. The Hall–Kier alpha value is -3.74. The molecule has 0 saturated carbocycles. The third kappa shape index (κ3) is 4.46. The van der Waals surface area contributed by atoms with E-state index in [0.717, 1.165) is 22.5 Å². The maximum atomic E-state index is 13.4. The molecule has 1 aromatic heterocycles. The van der Waals surface area contributed by atoms with E-state index >= 15 is 0 Å². The summed E-state index contributed by atoms with van der Waals surface area (Å²) in [4.78, 5) is 24.3. The van der Waals surface area contributed by atoms with Crippen LogP contribution in [0.1, 0.15) is 35.3 Å². The zero-order valence-corrected chi connectivity index (χ0v) is 18.4. The molecule has 1 saturated heterocycles. The fourth-order valence-electron chi connectivity index (χ4n) is 3.89. The molecule has 1 atom stereocenters. The first-order chi connectivity index (χ1) is 15.6. The molecular formula is C25H22ClN5O. The molecule has 7 heteroatoms. The van der Waals surface area contributed by atoms with E-state index in [2.05, 4.69) is 27.9 Å². The van der Waals surface area contributed by atoms with Gasteiger partial charge in [-0.3, -0.25) is 4.90 Å². The number of nitrogens with one attached hydrogen (secondary N) is 1. The van der Waals surface area contributed by atoms with E-state index in [1.54, 1.807) is 36.5 Å². The molecular weight excluding hydrogens is 422 g/mol. The summed E-state index contributed by atoms with van der Waals surface area (Å²) >= 11 is 6.45. The Morgan fingerprint density at radius 1 is 1.22 bits per heavy atom. The van der Waals surface area contributed by atoms with Crippen molar-refractivity contribution in [3.8, 4) is 17.9 Å². The summed E-state index contributed by atoms with van der Waals surface area (Å²) in [6, 6.07) is 15.0. The Bertz CT molecular complexity index is 1200. The predicted molar refractivity (Wildman–Crippen MR) is 124 cm³/mol. The van der Waals surface area contributed by atoms with Crippen molar-refractivity contribution in [2.24, 2.45) is 0 Å². The Morgan fingerprint density at radius 3 is 2.69 bits per heavy atom. The first-order valence-electron chi connectivity index (χ1n) is 10.3. The third-order valence-corrected chi connectivity index (χ3v) is 5.96. The Labute approximate surface area is 192 Å². The molecule has 2 aromatic carbocycles. The number of amides is 2. The standard InChI is InChI=1S/C25H22ClN5O/c1-2-3-4-20-9-10-21(14-22(20)26)30-11-12-31(25(30)32)24(23-16-28-17-29-23)13-18-5-7-19(15-27)8-6-18/h5-10,14,16-17,24H,4,11-13H2,1H3,(H,28,29). The quantitative estimate of drug-likeness (QED) is 0.559. The highest BCUT2D eigenvalue weighted by atomic mass is 35.5. The van der Waals surface area contributed by atoms with Crippen LogP contribution in [0, 0.1) is 23.2 Å². The summed E-state index contributed by atoms with van der Waals surface area (Å²) in [6.45, 7) is 2.95. The molecule has 1 N–H and O–H groups in total. The number of H-pyrrole nitrogens is 1. The van der Waals surface area contributed by atoms with Gasteiger partial charge in [-0.2, -0.15) is 5.26 Å². The van der Waals surface area contributed by atoms with E-state index < -0.39 is 0 Å². The first-order valence-corrected chi connectivity index (χ1v) is 10.7. The molecule has 0 radical (unpaired) electrons. The minimum absolute atomic E-state index is 0.0737. The van der Waals surface area contributed by atoms with Crippen LogP contribution in [0.2, 0.25) is 5.02 Å². The van der Waals surface area contributed by atoms with E-state index in [-0.39, 0.29) is 12.1 Å².